The van der Waals surface area contributed by atoms with Gasteiger partial charge in [0.2, 0.25) is 0 Å². The van der Waals surface area contributed by atoms with E-state index in [1.165, 1.54) is 5.57 Å². The van der Waals surface area contributed by atoms with Crippen LogP contribution in [0.2, 0.25) is 0 Å². The molecule has 0 fully saturated rings. The number of urea groups is 1. The second kappa shape index (κ2) is 5.85. The van der Waals surface area contributed by atoms with Gasteiger partial charge in [-0.15, -0.1) is 0 Å². The van der Waals surface area contributed by atoms with Gasteiger partial charge >= 0.3 is 6.03 Å². The first-order chi connectivity index (χ1) is 8.38. The Morgan fingerprint density at radius 2 is 2.28 bits per heavy atom. The smallest absolute Gasteiger partial charge is 0.332 e. The third-order valence-corrected chi connectivity index (χ3v) is 3.42. The van der Waals surface area contributed by atoms with Crippen LogP contribution >= 0.6 is 0 Å². The largest absolute Gasteiger partial charge is 0.350 e. The zero-order valence-corrected chi connectivity index (χ0v) is 11.7. The topological polar surface area (TPSA) is 67.5 Å². The van der Waals surface area contributed by atoms with Crippen molar-refractivity contribution in [3.05, 3.63) is 23.8 Å². The second-order valence-corrected chi connectivity index (χ2v) is 5.42. The van der Waals surface area contributed by atoms with Crippen LogP contribution in [-0.2, 0) is 0 Å². The fourth-order valence-electron chi connectivity index (χ4n) is 2.67. The molecule has 0 aromatic rings. The summed E-state index contributed by atoms with van der Waals surface area (Å²) < 4.78 is 0. The zero-order valence-electron chi connectivity index (χ0n) is 11.7. The third-order valence-electron chi connectivity index (χ3n) is 3.42. The molecule has 1 rings (SSSR count). The Kier molecular flexibility index (Phi) is 4.70. The van der Waals surface area contributed by atoms with E-state index in [1.54, 1.807) is 0 Å². The van der Waals surface area contributed by atoms with Crippen LogP contribution in [0.3, 0.4) is 0 Å². The maximum absolute atomic E-state index is 10.8. The summed E-state index contributed by atoms with van der Waals surface area (Å²) in [5, 5.41) is 4.15. The van der Waals surface area contributed by atoms with Gasteiger partial charge in [-0.2, -0.15) is 5.10 Å². The van der Waals surface area contributed by atoms with E-state index in [2.05, 4.69) is 37.4 Å². The molecule has 4 nitrogen and oxygen atoms in total. The number of carbonyl (C=O) groups is 1. The highest BCUT2D eigenvalue weighted by molar-refractivity contribution is 5.99. The van der Waals surface area contributed by atoms with Crippen molar-refractivity contribution in [1.82, 2.24) is 5.43 Å². The van der Waals surface area contributed by atoms with Crippen molar-refractivity contribution >= 4 is 11.7 Å². The SMILES string of the molecule is C/C=C/C(=N\NC(N)=O)C1C(C)=CCCC1(C)C. The molecule has 3 N–H and O–H groups in total. The first kappa shape index (κ1) is 14.5. The Hall–Kier alpha value is -1.58. The summed E-state index contributed by atoms with van der Waals surface area (Å²) >= 11 is 0. The Morgan fingerprint density at radius 1 is 1.61 bits per heavy atom. The van der Waals surface area contributed by atoms with Gasteiger partial charge in [-0.05, 0) is 38.2 Å². The molecule has 18 heavy (non-hydrogen) atoms. The van der Waals surface area contributed by atoms with E-state index in [1.807, 2.05) is 19.1 Å². The fraction of sp³-hybridized carbons (Fsp3) is 0.571. The van der Waals surface area contributed by atoms with Crippen molar-refractivity contribution in [2.75, 3.05) is 0 Å². The van der Waals surface area contributed by atoms with Crippen molar-refractivity contribution < 1.29 is 4.79 Å². The van der Waals surface area contributed by atoms with E-state index in [0.29, 0.717) is 0 Å². The van der Waals surface area contributed by atoms with E-state index in [9.17, 15) is 4.79 Å². The number of nitrogens with zero attached hydrogens (tertiary/aromatic N) is 1. The maximum Gasteiger partial charge on any atom is 0.332 e. The molecule has 0 radical (unpaired) electrons. The molecule has 0 bridgehead atoms. The standard InChI is InChI=1S/C14H23N3O/c1-5-7-11(16-17-13(15)18)12-10(2)8-6-9-14(12,3)4/h5,7-8,12H,6,9H2,1-4H3,(H3,15,17,18)/b7-5+,16-11+. The van der Waals surface area contributed by atoms with Gasteiger partial charge in [-0.3, -0.25) is 0 Å². The highest BCUT2D eigenvalue weighted by Gasteiger charge is 2.35. The lowest BCUT2D eigenvalue weighted by atomic mass is 9.66. The predicted molar refractivity (Wildman–Crippen MR) is 75.2 cm³/mol. The molecule has 0 aromatic carbocycles. The van der Waals surface area contributed by atoms with Crippen molar-refractivity contribution in [3.8, 4) is 0 Å². The molecular weight excluding hydrogens is 226 g/mol. The minimum Gasteiger partial charge on any atom is -0.350 e. The van der Waals surface area contributed by atoms with E-state index < -0.39 is 6.03 Å². The van der Waals surface area contributed by atoms with E-state index in [-0.39, 0.29) is 11.3 Å². The molecule has 100 valence electrons. The molecule has 1 aliphatic rings. The van der Waals surface area contributed by atoms with Gasteiger partial charge in [0.25, 0.3) is 0 Å². The van der Waals surface area contributed by atoms with Gasteiger partial charge in [0, 0.05) is 5.92 Å². The number of amides is 2. The monoisotopic (exact) mass is 249 g/mol. The van der Waals surface area contributed by atoms with Crippen LogP contribution in [0.15, 0.2) is 28.9 Å². The number of hydrogen-bond acceptors (Lipinski definition) is 2. The van der Waals surface area contributed by atoms with Crippen LogP contribution in [0.4, 0.5) is 4.79 Å². The van der Waals surface area contributed by atoms with Gasteiger partial charge in [0.05, 0.1) is 5.71 Å². The normalized spacial score (nSPS) is 23.9. The molecule has 0 aliphatic heterocycles. The quantitative estimate of drug-likeness (QED) is 0.450. The second-order valence-electron chi connectivity index (χ2n) is 5.42. The number of hydrogen-bond donors (Lipinski definition) is 2. The fourth-order valence-corrected chi connectivity index (χ4v) is 2.67. The highest BCUT2D eigenvalue weighted by atomic mass is 16.2. The van der Waals surface area contributed by atoms with Gasteiger partial charge in [0.1, 0.15) is 0 Å². The lowest BCUT2D eigenvalue weighted by molar-refractivity contribution is 0.248. The molecule has 1 aliphatic carbocycles. The Bertz CT molecular complexity index is 405. The predicted octanol–water partition coefficient (Wildman–Crippen LogP) is 2.97. The third kappa shape index (κ3) is 3.45. The first-order valence-electron chi connectivity index (χ1n) is 6.31. The number of allylic oxidation sites excluding steroid dienone is 4. The maximum atomic E-state index is 10.8. The van der Waals surface area contributed by atoms with E-state index in [0.717, 1.165) is 18.6 Å². The number of primary amides is 1. The Labute approximate surface area is 109 Å². The van der Waals surface area contributed by atoms with Crippen molar-refractivity contribution in [1.29, 1.82) is 0 Å². The van der Waals surface area contributed by atoms with Gasteiger partial charge < -0.3 is 5.73 Å². The van der Waals surface area contributed by atoms with Gasteiger partial charge in [0.15, 0.2) is 0 Å². The summed E-state index contributed by atoms with van der Waals surface area (Å²) in [6.07, 6.45) is 8.33. The molecule has 0 heterocycles. The highest BCUT2D eigenvalue weighted by Crippen LogP contribution is 2.41. The number of hydrazone groups is 1. The summed E-state index contributed by atoms with van der Waals surface area (Å²) in [5.41, 5.74) is 9.70. The van der Waals surface area contributed by atoms with E-state index in [4.69, 9.17) is 5.73 Å². The first-order valence-corrected chi connectivity index (χ1v) is 6.31. The molecule has 0 aromatic heterocycles. The van der Waals surface area contributed by atoms with Crippen LogP contribution in [0.25, 0.3) is 0 Å². The molecule has 0 spiro atoms. The minimum atomic E-state index is -0.632. The van der Waals surface area contributed by atoms with Crippen LogP contribution in [0.1, 0.15) is 40.5 Å². The molecule has 0 saturated carbocycles. The van der Waals surface area contributed by atoms with Crippen molar-refractivity contribution in [2.24, 2.45) is 22.2 Å². The van der Waals surface area contributed by atoms with Gasteiger partial charge in [-0.1, -0.05) is 31.6 Å². The van der Waals surface area contributed by atoms with Crippen LogP contribution < -0.4 is 11.2 Å². The summed E-state index contributed by atoms with van der Waals surface area (Å²) in [4.78, 5) is 10.8. The molecule has 4 heteroatoms. The average molecular weight is 249 g/mol. The molecular formula is C14H23N3O. The van der Waals surface area contributed by atoms with Crippen LogP contribution in [0, 0.1) is 11.3 Å². The van der Waals surface area contributed by atoms with Crippen molar-refractivity contribution in [2.45, 2.75) is 40.5 Å². The summed E-state index contributed by atoms with van der Waals surface area (Å²) in [5.74, 6) is 0.217. The zero-order chi connectivity index (χ0) is 13.8. The van der Waals surface area contributed by atoms with Crippen molar-refractivity contribution in [3.63, 3.8) is 0 Å². The Balaban J connectivity index is 3.10. The van der Waals surface area contributed by atoms with Gasteiger partial charge in [-0.25, -0.2) is 10.2 Å². The summed E-state index contributed by atoms with van der Waals surface area (Å²) in [6.45, 7) is 8.53. The molecule has 0 saturated heterocycles. The molecule has 1 atom stereocenters. The Morgan fingerprint density at radius 3 is 2.78 bits per heavy atom. The number of rotatable bonds is 3. The lowest BCUT2D eigenvalue weighted by Gasteiger charge is -2.38. The number of nitrogens with one attached hydrogen (secondary N) is 1. The van der Waals surface area contributed by atoms with Crippen LogP contribution in [0.5, 0.6) is 0 Å². The van der Waals surface area contributed by atoms with Crippen LogP contribution in [-0.4, -0.2) is 11.7 Å². The summed E-state index contributed by atoms with van der Waals surface area (Å²) in [6, 6.07) is -0.632. The van der Waals surface area contributed by atoms with E-state index >= 15 is 0 Å². The molecule has 1 unspecified atom stereocenters. The number of carbonyl (C=O) groups excluding carboxylic acids is 1. The minimum absolute atomic E-state index is 0.135. The lowest BCUT2D eigenvalue weighted by Crippen LogP contribution is -2.35. The summed E-state index contributed by atoms with van der Waals surface area (Å²) in [7, 11) is 0. The molecule has 2 amide bonds. The average Bonchev–Trinajstić information content (AvgIpc) is 2.24. The number of nitrogens with two attached hydrogens (primary N) is 1.